The van der Waals surface area contributed by atoms with Gasteiger partial charge in [-0.1, -0.05) is 48.0 Å². The van der Waals surface area contributed by atoms with Crippen LogP contribution in [0.1, 0.15) is 17.5 Å². The number of hydrogen-bond donors (Lipinski definition) is 1. The lowest BCUT2D eigenvalue weighted by Crippen LogP contribution is -2.34. The summed E-state index contributed by atoms with van der Waals surface area (Å²) in [6.07, 6.45) is 1.02. The topological polar surface area (TPSA) is 49.4 Å². The van der Waals surface area contributed by atoms with Crippen molar-refractivity contribution >= 4 is 29.1 Å². The summed E-state index contributed by atoms with van der Waals surface area (Å²) in [5.41, 5.74) is 2.83. The number of carbonyl (C=O) groups is 2. The molecule has 130 valence electrons. The first-order valence-corrected chi connectivity index (χ1v) is 8.81. The van der Waals surface area contributed by atoms with Crippen molar-refractivity contribution in [2.75, 3.05) is 18.0 Å². The maximum atomic E-state index is 12.4. The number of carbonyl (C=O) groups excluding carboxylic acids is 2. The van der Waals surface area contributed by atoms with Gasteiger partial charge in [0.25, 0.3) is 0 Å². The zero-order chi connectivity index (χ0) is 17.8. The average molecular weight is 357 g/mol. The quantitative estimate of drug-likeness (QED) is 0.893. The zero-order valence-electron chi connectivity index (χ0n) is 14.2. The van der Waals surface area contributed by atoms with Gasteiger partial charge < -0.3 is 10.2 Å². The molecule has 0 aromatic heterocycles. The predicted molar refractivity (Wildman–Crippen MR) is 99.8 cm³/mol. The van der Waals surface area contributed by atoms with Gasteiger partial charge in [0.2, 0.25) is 11.8 Å². The fraction of sp³-hybridized carbons (Fsp3) is 0.300. The Balaban J connectivity index is 1.58. The van der Waals surface area contributed by atoms with Gasteiger partial charge in [0.15, 0.2) is 0 Å². The van der Waals surface area contributed by atoms with Crippen molar-refractivity contribution in [1.82, 2.24) is 5.32 Å². The Morgan fingerprint density at radius 1 is 1.20 bits per heavy atom. The molecule has 1 atom stereocenters. The van der Waals surface area contributed by atoms with E-state index in [1.165, 1.54) is 5.56 Å². The van der Waals surface area contributed by atoms with Crippen LogP contribution in [0.25, 0.3) is 0 Å². The van der Waals surface area contributed by atoms with Crippen LogP contribution in [0.4, 0.5) is 5.69 Å². The van der Waals surface area contributed by atoms with Gasteiger partial charge in [-0.25, -0.2) is 0 Å². The highest BCUT2D eigenvalue weighted by Gasteiger charge is 2.35. The van der Waals surface area contributed by atoms with Gasteiger partial charge in [0, 0.05) is 30.2 Å². The smallest absolute Gasteiger partial charge is 0.227 e. The Morgan fingerprint density at radius 3 is 2.72 bits per heavy atom. The molecule has 2 aromatic carbocycles. The molecule has 25 heavy (non-hydrogen) atoms. The summed E-state index contributed by atoms with van der Waals surface area (Å²) in [6, 6.07) is 15.5. The number of rotatable bonds is 5. The van der Waals surface area contributed by atoms with Crippen molar-refractivity contribution in [2.45, 2.75) is 19.8 Å². The van der Waals surface area contributed by atoms with Crippen LogP contribution in [0, 0.1) is 12.8 Å². The molecule has 1 fully saturated rings. The van der Waals surface area contributed by atoms with Gasteiger partial charge in [0.1, 0.15) is 0 Å². The summed E-state index contributed by atoms with van der Waals surface area (Å²) in [7, 11) is 0. The molecule has 0 bridgehead atoms. The van der Waals surface area contributed by atoms with Crippen LogP contribution in [0.5, 0.6) is 0 Å². The van der Waals surface area contributed by atoms with Gasteiger partial charge in [-0.05, 0) is 36.6 Å². The Kier molecular flexibility index (Phi) is 5.39. The van der Waals surface area contributed by atoms with E-state index in [1.807, 2.05) is 49.4 Å². The fourth-order valence-corrected chi connectivity index (χ4v) is 3.29. The predicted octanol–water partition coefficient (Wildman–Crippen LogP) is 3.36. The third kappa shape index (κ3) is 4.02. The lowest BCUT2D eigenvalue weighted by atomic mass is 10.1. The van der Waals surface area contributed by atoms with Gasteiger partial charge in [-0.2, -0.15) is 0 Å². The molecule has 2 amide bonds. The standard InChI is InChI=1S/C20H21ClN2O2/c1-14-17(21)8-5-9-18(14)23-13-16(12-19(23)24)20(25)22-11-10-15-6-3-2-4-7-15/h2-9,16H,10-13H2,1H3,(H,22,25). The molecule has 1 saturated heterocycles. The Hall–Kier alpha value is -2.33. The van der Waals surface area contributed by atoms with Crippen LogP contribution >= 0.6 is 11.6 Å². The molecular formula is C20H21ClN2O2. The van der Waals surface area contributed by atoms with Gasteiger partial charge in [0.05, 0.1) is 5.92 Å². The van der Waals surface area contributed by atoms with E-state index >= 15 is 0 Å². The van der Waals surface area contributed by atoms with Crippen LogP contribution in [0.2, 0.25) is 5.02 Å². The molecule has 1 N–H and O–H groups in total. The molecule has 0 radical (unpaired) electrons. The van der Waals surface area contributed by atoms with Crippen LogP contribution in [-0.4, -0.2) is 24.9 Å². The molecule has 0 saturated carbocycles. The first-order valence-electron chi connectivity index (χ1n) is 8.43. The van der Waals surface area contributed by atoms with E-state index in [9.17, 15) is 9.59 Å². The van der Waals surface area contributed by atoms with E-state index < -0.39 is 0 Å². The minimum Gasteiger partial charge on any atom is -0.355 e. The largest absolute Gasteiger partial charge is 0.355 e. The minimum absolute atomic E-state index is 0.0337. The second kappa shape index (κ2) is 7.70. The second-order valence-electron chi connectivity index (χ2n) is 6.32. The van der Waals surface area contributed by atoms with E-state index in [-0.39, 0.29) is 24.2 Å². The minimum atomic E-state index is -0.318. The molecule has 4 nitrogen and oxygen atoms in total. The number of benzene rings is 2. The van der Waals surface area contributed by atoms with Crippen molar-refractivity contribution in [2.24, 2.45) is 5.92 Å². The lowest BCUT2D eigenvalue weighted by molar-refractivity contribution is -0.126. The maximum Gasteiger partial charge on any atom is 0.227 e. The third-order valence-corrected chi connectivity index (χ3v) is 4.99. The van der Waals surface area contributed by atoms with Gasteiger partial charge >= 0.3 is 0 Å². The molecule has 3 rings (SSSR count). The lowest BCUT2D eigenvalue weighted by Gasteiger charge is -2.19. The Labute approximate surface area is 152 Å². The first kappa shape index (κ1) is 17.5. The molecule has 2 aromatic rings. The normalized spacial score (nSPS) is 17.0. The van der Waals surface area contributed by atoms with Crippen molar-refractivity contribution in [1.29, 1.82) is 0 Å². The molecule has 1 aliphatic heterocycles. The molecule has 1 heterocycles. The van der Waals surface area contributed by atoms with Gasteiger partial charge in [-0.3, -0.25) is 9.59 Å². The van der Waals surface area contributed by atoms with E-state index in [2.05, 4.69) is 5.32 Å². The third-order valence-electron chi connectivity index (χ3n) is 4.58. The van der Waals surface area contributed by atoms with Crippen molar-refractivity contribution in [3.05, 3.63) is 64.7 Å². The van der Waals surface area contributed by atoms with Crippen LogP contribution < -0.4 is 10.2 Å². The van der Waals surface area contributed by atoms with Crippen LogP contribution in [0.15, 0.2) is 48.5 Å². The van der Waals surface area contributed by atoms with Crippen molar-refractivity contribution < 1.29 is 9.59 Å². The van der Waals surface area contributed by atoms with E-state index in [0.29, 0.717) is 18.1 Å². The van der Waals surface area contributed by atoms with Crippen molar-refractivity contribution in [3.63, 3.8) is 0 Å². The van der Waals surface area contributed by atoms with E-state index in [4.69, 9.17) is 11.6 Å². The number of nitrogens with zero attached hydrogens (tertiary/aromatic N) is 1. The van der Waals surface area contributed by atoms with Crippen molar-refractivity contribution in [3.8, 4) is 0 Å². The molecule has 1 aliphatic rings. The monoisotopic (exact) mass is 356 g/mol. The van der Waals surface area contributed by atoms with Gasteiger partial charge in [-0.15, -0.1) is 0 Å². The van der Waals surface area contributed by atoms with E-state index in [1.54, 1.807) is 11.0 Å². The maximum absolute atomic E-state index is 12.4. The Bertz CT molecular complexity index is 777. The SMILES string of the molecule is Cc1c(Cl)cccc1N1CC(C(=O)NCCc2ccccc2)CC1=O. The highest BCUT2D eigenvalue weighted by Crippen LogP contribution is 2.31. The highest BCUT2D eigenvalue weighted by atomic mass is 35.5. The summed E-state index contributed by atoms with van der Waals surface area (Å²) in [6.45, 7) is 2.86. The van der Waals surface area contributed by atoms with Crippen LogP contribution in [0.3, 0.4) is 0 Å². The Morgan fingerprint density at radius 2 is 1.96 bits per heavy atom. The second-order valence-corrected chi connectivity index (χ2v) is 6.72. The number of amides is 2. The first-order chi connectivity index (χ1) is 12.1. The summed E-state index contributed by atoms with van der Waals surface area (Å²) >= 11 is 6.15. The summed E-state index contributed by atoms with van der Waals surface area (Å²) in [4.78, 5) is 26.4. The number of halogens is 1. The molecule has 0 aliphatic carbocycles. The van der Waals surface area contributed by atoms with E-state index in [0.717, 1.165) is 17.7 Å². The number of anilines is 1. The molecule has 1 unspecified atom stereocenters. The van der Waals surface area contributed by atoms with Crippen LogP contribution in [-0.2, 0) is 16.0 Å². The zero-order valence-corrected chi connectivity index (χ0v) is 14.9. The fourth-order valence-electron chi connectivity index (χ4n) is 3.12. The molecule has 0 spiro atoms. The molecule has 5 heteroatoms. The number of nitrogens with one attached hydrogen (secondary N) is 1. The molecular weight excluding hydrogens is 336 g/mol. The summed E-state index contributed by atoms with van der Waals surface area (Å²) in [5.74, 6) is -0.415. The summed E-state index contributed by atoms with van der Waals surface area (Å²) < 4.78 is 0. The average Bonchev–Trinajstić information content (AvgIpc) is 3.00. The number of hydrogen-bond acceptors (Lipinski definition) is 2. The highest BCUT2D eigenvalue weighted by molar-refractivity contribution is 6.31. The summed E-state index contributed by atoms with van der Waals surface area (Å²) in [5, 5.41) is 3.57.